The quantitative estimate of drug-likeness (QED) is 0.386. The Bertz CT molecular complexity index is 840. The van der Waals surface area contributed by atoms with Crippen LogP contribution < -0.4 is 16.0 Å². The van der Waals surface area contributed by atoms with Gasteiger partial charge in [0, 0.05) is 24.8 Å². The zero-order valence-corrected chi connectivity index (χ0v) is 17.6. The molecule has 0 spiro atoms. The van der Waals surface area contributed by atoms with Crippen LogP contribution in [0.5, 0.6) is 0 Å². The van der Waals surface area contributed by atoms with Crippen LogP contribution >= 0.6 is 0 Å². The number of carboxylic acid groups (broad SMARTS) is 1. The normalized spacial score (nSPS) is 11.3. The predicted molar refractivity (Wildman–Crippen MR) is 118 cm³/mol. The van der Waals surface area contributed by atoms with Crippen molar-refractivity contribution in [2.75, 3.05) is 18.9 Å². The lowest BCUT2D eigenvalue weighted by molar-refractivity contribution is -0.139. The summed E-state index contributed by atoms with van der Waals surface area (Å²) in [4.78, 5) is 35.4. The first-order valence-electron chi connectivity index (χ1n) is 10.3. The number of ether oxygens (including phenoxy) is 1. The molecule has 0 fully saturated rings. The van der Waals surface area contributed by atoms with Gasteiger partial charge in [0.05, 0.1) is 0 Å². The number of amides is 2. The Kier molecular flexibility index (Phi) is 9.87. The van der Waals surface area contributed by atoms with Crippen LogP contribution in [-0.4, -0.2) is 42.7 Å². The van der Waals surface area contributed by atoms with E-state index in [1.165, 1.54) is 0 Å². The molecule has 2 aromatic rings. The molecule has 0 radical (unpaired) electrons. The highest BCUT2D eigenvalue weighted by atomic mass is 16.5. The summed E-state index contributed by atoms with van der Waals surface area (Å²) in [7, 11) is 1.78. The summed E-state index contributed by atoms with van der Waals surface area (Å²) in [6.07, 6.45) is 1.84. The molecule has 0 aliphatic rings. The number of aliphatic carboxylic acids is 1. The lowest BCUT2D eigenvalue weighted by atomic mass is 10.1. The van der Waals surface area contributed by atoms with Gasteiger partial charge in [0.1, 0.15) is 12.6 Å². The van der Waals surface area contributed by atoms with Crippen molar-refractivity contribution in [1.29, 1.82) is 0 Å². The molecule has 0 aromatic heterocycles. The monoisotopic (exact) mass is 427 g/mol. The van der Waals surface area contributed by atoms with Crippen molar-refractivity contribution < 1.29 is 24.2 Å². The van der Waals surface area contributed by atoms with Gasteiger partial charge in [-0.2, -0.15) is 0 Å². The van der Waals surface area contributed by atoms with Crippen LogP contribution in [0.1, 0.15) is 41.6 Å². The van der Waals surface area contributed by atoms with Gasteiger partial charge in [-0.1, -0.05) is 43.2 Å². The first-order valence-corrected chi connectivity index (χ1v) is 10.3. The lowest BCUT2D eigenvalue weighted by Gasteiger charge is -2.15. The first kappa shape index (κ1) is 23.7. The van der Waals surface area contributed by atoms with Crippen LogP contribution in [0.15, 0.2) is 54.6 Å². The second-order valence-electron chi connectivity index (χ2n) is 7.03. The Morgan fingerprint density at radius 3 is 2.32 bits per heavy atom. The highest BCUT2D eigenvalue weighted by molar-refractivity contribution is 5.96. The molecule has 0 unspecified atom stereocenters. The van der Waals surface area contributed by atoms with Crippen molar-refractivity contribution in [3.8, 4) is 0 Å². The standard InChI is InChI=1S/C23H29N3O5/c1-24-19-13-11-18(12-14-19)21(27)26-20(22(28)29)10-6-3-7-15-25-23(30)31-16-17-8-4-2-5-9-17/h2,4-5,8-9,11-14,20,24H,3,6-7,10,15-16H2,1H3,(H,25,30)(H,26,27)(H,28,29)/t20-/m0/s1. The van der Waals surface area contributed by atoms with Crippen molar-refractivity contribution in [2.45, 2.75) is 38.3 Å². The highest BCUT2D eigenvalue weighted by Gasteiger charge is 2.20. The van der Waals surface area contributed by atoms with Gasteiger partial charge in [-0.25, -0.2) is 9.59 Å². The number of hydrogen-bond acceptors (Lipinski definition) is 5. The molecule has 0 saturated carbocycles. The van der Waals surface area contributed by atoms with E-state index in [0.29, 0.717) is 31.4 Å². The fraction of sp³-hybridized carbons (Fsp3) is 0.348. The molecule has 8 nitrogen and oxygen atoms in total. The van der Waals surface area contributed by atoms with E-state index in [1.54, 1.807) is 31.3 Å². The van der Waals surface area contributed by atoms with Crippen LogP contribution in [-0.2, 0) is 16.1 Å². The summed E-state index contributed by atoms with van der Waals surface area (Å²) >= 11 is 0. The second kappa shape index (κ2) is 12.9. The molecule has 0 bridgehead atoms. The summed E-state index contributed by atoms with van der Waals surface area (Å²) < 4.78 is 5.13. The Morgan fingerprint density at radius 2 is 1.68 bits per heavy atom. The molecule has 8 heteroatoms. The zero-order chi connectivity index (χ0) is 22.5. The van der Waals surface area contributed by atoms with Gasteiger partial charge < -0.3 is 25.8 Å². The van der Waals surface area contributed by atoms with Gasteiger partial charge in [-0.15, -0.1) is 0 Å². The van der Waals surface area contributed by atoms with E-state index in [0.717, 1.165) is 17.7 Å². The number of carbonyl (C=O) groups excluding carboxylic acids is 2. The Hall–Kier alpha value is -3.55. The van der Waals surface area contributed by atoms with Crippen molar-refractivity contribution in [3.05, 3.63) is 65.7 Å². The van der Waals surface area contributed by atoms with Crippen LogP contribution in [0.25, 0.3) is 0 Å². The second-order valence-corrected chi connectivity index (χ2v) is 7.03. The maximum atomic E-state index is 12.3. The fourth-order valence-corrected chi connectivity index (χ4v) is 2.90. The van der Waals surface area contributed by atoms with E-state index < -0.39 is 24.0 Å². The molecule has 0 saturated heterocycles. The molecule has 31 heavy (non-hydrogen) atoms. The molecule has 2 rings (SSSR count). The minimum Gasteiger partial charge on any atom is -0.480 e. The average molecular weight is 428 g/mol. The van der Waals surface area contributed by atoms with E-state index in [9.17, 15) is 19.5 Å². The molecule has 0 aliphatic heterocycles. The zero-order valence-electron chi connectivity index (χ0n) is 17.6. The Labute approximate surface area is 182 Å². The van der Waals surface area contributed by atoms with Gasteiger partial charge >= 0.3 is 12.1 Å². The summed E-state index contributed by atoms with van der Waals surface area (Å²) in [5.74, 6) is -1.49. The minimum atomic E-state index is -1.07. The van der Waals surface area contributed by atoms with Crippen molar-refractivity contribution in [1.82, 2.24) is 10.6 Å². The number of alkyl carbamates (subject to hydrolysis) is 1. The van der Waals surface area contributed by atoms with E-state index in [-0.39, 0.29) is 6.61 Å². The van der Waals surface area contributed by atoms with Gasteiger partial charge in [0.2, 0.25) is 0 Å². The van der Waals surface area contributed by atoms with Crippen molar-refractivity contribution >= 4 is 23.7 Å². The Morgan fingerprint density at radius 1 is 0.968 bits per heavy atom. The maximum Gasteiger partial charge on any atom is 0.407 e. The average Bonchev–Trinajstić information content (AvgIpc) is 2.79. The van der Waals surface area contributed by atoms with Gasteiger partial charge in [0.25, 0.3) is 5.91 Å². The molecule has 4 N–H and O–H groups in total. The largest absolute Gasteiger partial charge is 0.480 e. The van der Waals surface area contributed by atoms with E-state index in [1.807, 2.05) is 30.3 Å². The molecular weight excluding hydrogens is 398 g/mol. The number of hydrogen-bond donors (Lipinski definition) is 4. The smallest absolute Gasteiger partial charge is 0.407 e. The van der Waals surface area contributed by atoms with Gasteiger partial charge in [0.15, 0.2) is 0 Å². The molecule has 2 amide bonds. The van der Waals surface area contributed by atoms with Crippen LogP contribution in [0.2, 0.25) is 0 Å². The van der Waals surface area contributed by atoms with Crippen molar-refractivity contribution in [3.63, 3.8) is 0 Å². The van der Waals surface area contributed by atoms with Crippen LogP contribution in [0, 0.1) is 0 Å². The third kappa shape index (κ3) is 8.77. The molecular formula is C23H29N3O5. The molecule has 0 heterocycles. The lowest BCUT2D eigenvalue weighted by Crippen LogP contribution is -2.40. The maximum absolute atomic E-state index is 12.3. The summed E-state index contributed by atoms with van der Waals surface area (Å²) in [6.45, 7) is 0.653. The molecule has 1 atom stereocenters. The van der Waals surface area contributed by atoms with E-state index in [2.05, 4.69) is 16.0 Å². The molecule has 0 aliphatic carbocycles. The summed E-state index contributed by atoms with van der Waals surface area (Å²) in [5, 5.41) is 17.6. The first-order chi connectivity index (χ1) is 15.0. The molecule has 166 valence electrons. The number of rotatable bonds is 12. The van der Waals surface area contributed by atoms with Gasteiger partial charge in [-0.05, 0) is 42.7 Å². The van der Waals surface area contributed by atoms with Crippen LogP contribution in [0.4, 0.5) is 10.5 Å². The topological polar surface area (TPSA) is 117 Å². The number of nitrogens with one attached hydrogen (secondary N) is 3. The fourth-order valence-electron chi connectivity index (χ4n) is 2.90. The number of carbonyl (C=O) groups is 3. The third-order valence-corrected chi connectivity index (χ3v) is 4.69. The van der Waals surface area contributed by atoms with E-state index in [4.69, 9.17) is 4.74 Å². The van der Waals surface area contributed by atoms with Crippen molar-refractivity contribution in [2.24, 2.45) is 0 Å². The van der Waals surface area contributed by atoms with E-state index >= 15 is 0 Å². The highest BCUT2D eigenvalue weighted by Crippen LogP contribution is 2.10. The van der Waals surface area contributed by atoms with Gasteiger partial charge in [-0.3, -0.25) is 4.79 Å². The number of benzene rings is 2. The SMILES string of the molecule is CNc1ccc(C(=O)N[C@@H](CCCCCNC(=O)OCc2ccccc2)C(=O)O)cc1. The molecule has 2 aromatic carbocycles. The Balaban J connectivity index is 1.62. The predicted octanol–water partition coefficient (Wildman–Crippen LogP) is 3.40. The third-order valence-electron chi connectivity index (χ3n) is 4.69. The summed E-state index contributed by atoms with van der Waals surface area (Å²) in [5.41, 5.74) is 2.18. The minimum absolute atomic E-state index is 0.213. The van der Waals surface area contributed by atoms with Crippen LogP contribution in [0.3, 0.4) is 0 Å². The number of unbranched alkanes of at least 4 members (excludes halogenated alkanes) is 2. The summed E-state index contributed by atoms with van der Waals surface area (Å²) in [6, 6.07) is 15.2. The number of carboxylic acids is 1. The number of anilines is 1.